The quantitative estimate of drug-likeness (QED) is 0.943. The minimum absolute atomic E-state index is 0.151. The lowest BCUT2D eigenvalue weighted by molar-refractivity contribution is 0.352. The Kier molecular flexibility index (Phi) is 3.64. The highest BCUT2D eigenvalue weighted by molar-refractivity contribution is 6.30. The van der Waals surface area contributed by atoms with E-state index in [9.17, 15) is 0 Å². The van der Waals surface area contributed by atoms with E-state index in [0.717, 1.165) is 40.6 Å². The third kappa shape index (κ3) is 2.65. The topological polar surface area (TPSA) is 48.1 Å². The average Bonchev–Trinajstić information content (AvgIpc) is 2.86. The van der Waals surface area contributed by atoms with Gasteiger partial charge in [0.2, 0.25) is 0 Å². The van der Waals surface area contributed by atoms with E-state index in [1.807, 2.05) is 31.2 Å². The van der Waals surface area contributed by atoms with E-state index in [1.165, 1.54) is 5.56 Å². The number of nitrogens with two attached hydrogens (primary N) is 1. The van der Waals surface area contributed by atoms with E-state index < -0.39 is 0 Å². The standard InChI is InChI=1S/C16H17ClN2O/c1-10-2-4-19-15(6-10)14(18)9-12-8-13(17)7-11-3-5-20-16(11)12/h2,4,6-8,14H,3,5,9,18H2,1H3. The summed E-state index contributed by atoms with van der Waals surface area (Å²) in [5.41, 5.74) is 10.6. The van der Waals surface area contributed by atoms with Crippen LogP contribution in [-0.2, 0) is 12.8 Å². The molecular weight excluding hydrogens is 272 g/mol. The molecule has 4 heteroatoms. The molecular formula is C16H17ClN2O. The maximum absolute atomic E-state index is 6.28. The van der Waals surface area contributed by atoms with Crippen LogP contribution in [0.1, 0.15) is 28.4 Å². The zero-order valence-electron chi connectivity index (χ0n) is 11.4. The number of pyridine rings is 1. The lowest BCUT2D eigenvalue weighted by Crippen LogP contribution is -2.15. The second kappa shape index (κ2) is 5.43. The summed E-state index contributed by atoms with van der Waals surface area (Å²) in [5, 5.41) is 0.744. The number of hydrogen-bond acceptors (Lipinski definition) is 3. The number of nitrogens with zero attached hydrogens (tertiary/aromatic N) is 1. The zero-order valence-corrected chi connectivity index (χ0v) is 12.2. The van der Waals surface area contributed by atoms with Crippen molar-refractivity contribution in [2.75, 3.05) is 6.61 Å². The van der Waals surface area contributed by atoms with Crippen LogP contribution in [0.3, 0.4) is 0 Å². The van der Waals surface area contributed by atoms with Gasteiger partial charge in [0.1, 0.15) is 5.75 Å². The number of hydrogen-bond donors (Lipinski definition) is 1. The van der Waals surface area contributed by atoms with E-state index in [-0.39, 0.29) is 6.04 Å². The lowest BCUT2D eigenvalue weighted by atomic mass is 9.99. The van der Waals surface area contributed by atoms with Gasteiger partial charge in [0, 0.05) is 17.6 Å². The first kappa shape index (κ1) is 13.4. The molecule has 20 heavy (non-hydrogen) atoms. The van der Waals surface area contributed by atoms with Crippen LogP contribution in [-0.4, -0.2) is 11.6 Å². The van der Waals surface area contributed by atoms with Gasteiger partial charge >= 0.3 is 0 Å². The Bertz CT molecular complexity index is 642. The van der Waals surface area contributed by atoms with Gasteiger partial charge in [-0.2, -0.15) is 0 Å². The van der Waals surface area contributed by atoms with Crippen LogP contribution < -0.4 is 10.5 Å². The normalized spacial score (nSPS) is 14.8. The van der Waals surface area contributed by atoms with Crippen LogP contribution in [0.25, 0.3) is 0 Å². The molecule has 0 fully saturated rings. The molecule has 3 rings (SSSR count). The molecule has 0 spiro atoms. The van der Waals surface area contributed by atoms with Crippen molar-refractivity contribution < 1.29 is 4.74 Å². The number of aromatic nitrogens is 1. The van der Waals surface area contributed by atoms with Crippen LogP contribution in [0.2, 0.25) is 5.02 Å². The highest BCUT2D eigenvalue weighted by Crippen LogP contribution is 2.34. The van der Waals surface area contributed by atoms with Gasteiger partial charge in [0.15, 0.2) is 0 Å². The van der Waals surface area contributed by atoms with Gasteiger partial charge in [-0.1, -0.05) is 11.6 Å². The van der Waals surface area contributed by atoms with Gasteiger partial charge < -0.3 is 10.5 Å². The summed E-state index contributed by atoms with van der Waals surface area (Å²) in [6.07, 6.45) is 3.39. The van der Waals surface area contributed by atoms with Crippen LogP contribution in [0.15, 0.2) is 30.5 Å². The third-order valence-corrected chi connectivity index (χ3v) is 3.80. The van der Waals surface area contributed by atoms with Crippen molar-refractivity contribution in [1.82, 2.24) is 4.98 Å². The minimum atomic E-state index is -0.151. The molecule has 1 aliphatic heterocycles. The maximum atomic E-state index is 6.28. The zero-order chi connectivity index (χ0) is 14.1. The fourth-order valence-electron chi connectivity index (χ4n) is 2.60. The third-order valence-electron chi connectivity index (χ3n) is 3.58. The molecule has 104 valence electrons. The molecule has 1 aromatic heterocycles. The fourth-order valence-corrected chi connectivity index (χ4v) is 2.86. The molecule has 1 aromatic carbocycles. The number of ether oxygens (including phenoxy) is 1. The molecule has 2 aromatic rings. The molecule has 1 atom stereocenters. The second-order valence-corrected chi connectivity index (χ2v) is 5.66. The van der Waals surface area contributed by atoms with E-state index in [1.54, 1.807) is 6.20 Å². The first-order valence-corrected chi connectivity index (χ1v) is 7.13. The monoisotopic (exact) mass is 288 g/mol. The van der Waals surface area contributed by atoms with Gasteiger partial charge in [-0.05, 0) is 54.3 Å². The maximum Gasteiger partial charge on any atom is 0.125 e. The van der Waals surface area contributed by atoms with Gasteiger partial charge in [-0.15, -0.1) is 0 Å². The molecule has 3 nitrogen and oxygen atoms in total. The second-order valence-electron chi connectivity index (χ2n) is 5.22. The number of benzene rings is 1. The molecule has 0 aliphatic carbocycles. The summed E-state index contributed by atoms with van der Waals surface area (Å²) in [5.74, 6) is 0.956. The Morgan fingerprint density at radius 3 is 3.05 bits per heavy atom. The predicted molar refractivity (Wildman–Crippen MR) is 80.3 cm³/mol. The van der Waals surface area contributed by atoms with Crippen molar-refractivity contribution in [3.05, 3.63) is 57.9 Å². The predicted octanol–water partition coefficient (Wildman–Crippen LogP) is 3.22. The summed E-state index contributed by atoms with van der Waals surface area (Å²) in [7, 11) is 0. The Morgan fingerprint density at radius 1 is 1.40 bits per heavy atom. The van der Waals surface area contributed by atoms with Crippen LogP contribution in [0.4, 0.5) is 0 Å². The Hall–Kier alpha value is -1.58. The van der Waals surface area contributed by atoms with Gasteiger partial charge in [-0.25, -0.2) is 0 Å². The molecule has 1 unspecified atom stereocenters. The van der Waals surface area contributed by atoms with Crippen molar-refractivity contribution in [2.24, 2.45) is 5.73 Å². The first-order valence-electron chi connectivity index (χ1n) is 6.76. The van der Waals surface area contributed by atoms with Crippen molar-refractivity contribution in [3.8, 4) is 5.75 Å². The van der Waals surface area contributed by atoms with Gasteiger partial charge in [-0.3, -0.25) is 4.98 Å². The highest BCUT2D eigenvalue weighted by atomic mass is 35.5. The van der Waals surface area contributed by atoms with Crippen LogP contribution >= 0.6 is 11.6 Å². The number of halogens is 1. The van der Waals surface area contributed by atoms with E-state index in [2.05, 4.69) is 4.98 Å². The summed E-state index contributed by atoms with van der Waals surface area (Å²) in [6, 6.07) is 7.76. The van der Waals surface area contributed by atoms with Gasteiger partial charge in [0.05, 0.1) is 18.3 Å². The molecule has 0 saturated heterocycles. The van der Waals surface area contributed by atoms with Crippen LogP contribution in [0, 0.1) is 6.92 Å². The van der Waals surface area contributed by atoms with Crippen molar-refractivity contribution in [1.29, 1.82) is 0 Å². The van der Waals surface area contributed by atoms with Crippen molar-refractivity contribution >= 4 is 11.6 Å². The molecule has 0 bridgehead atoms. The molecule has 0 radical (unpaired) electrons. The minimum Gasteiger partial charge on any atom is -0.493 e. The van der Waals surface area contributed by atoms with E-state index >= 15 is 0 Å². The Labute approximate surface area is 123 Å². The van der Waals surface area contributed by atoms with Crippen molar-refractivity contribution in [2.45, 2.75) is 25.8 Å². The van der Waals surface area contributed by atoms with E-state index in [4.69, 9.17) is 22.1 Å². The summed E-state index contributed by atoms with van der Waals surface area (Å²) in [6.45, 7) is 2.76. The van der Waals surface area contributed by atoms with Crippen molar-refractivity contribution in [3.63, 3.8) is 0 Å². The number of fused-ring (bicyclic) bond motifs is 1. The van der Waals surface area contributed by atoms with Crippen LogP contribution in [0.5, 0.6) is 5.75 Å². The molecule has 2 heterocycles. The summed E-state index contributed by atoms with van der Waals surface area (Å²) in [4.78, 5) is 4.35. The molecule has 2 N–H and O–H groups in total. The Morgan fingerprint density at radius 2 is 2.25 bits per heavy atom. The van der Waals surface area contributed by atoms with E-state index in [0.29, 0.717) is 6.42 Å². The largest absolute Gasteiger partial charge is 0.493 e. The average molecular weight is 289 g/mol. The number of aryl methyl sites for hydroxylation is 1. The smallest absolute Gasteiger partial charge is 0.125 e. The van der Waals surface area contributed by atoms with Gasteiger partial charge in [0.25, 0.3) is 0 Å². The highest BCUT2D eigenvalue weighted by Gasteiger charge is 2.20. The Balaban J connectivity index is 1.88. The summed E-state index contributed by atoms with van der Waals surface area (Å²) >= 11 is 6.17. The molecule has 1 aliphatic rings. The lowest BCUT2D eigenvalue weighted by Gasteiger charge is -2.14. The molecule has 0 amide bonds. The summed E-state index contributed by atoms with van der Waals surface area (Å²) < 4.78 is 5.71. The fraction of sp³-hybridized carbons (Fsp3) is 0.312. The number of rotatable bonds is 3. The first-order chi connectivity index (χ1) is 9.63. The SMILES string of the molecule is Cc1ccnc(C(N)Cc2cc(Cl)cc3c2OCC3)c1. The molecule has 0 saturated carbocycles.